The lowest BCUT2D eigenvalue weighted by Crippen LogP contribution is -2.43. The Bertz CT molecular complexity index is 361. The van der Waals surface area contributed by atoms with Crippen molar-refractivity contribution in [1.29, 1.82) is 0 Å². The van der Waals surface area contributed by atoms with Gasteiger partial charge in [-0.15, -0.1) is 0 Å². The first-order valence-corrected chi connectivity index (χ1v) is 6.92. The quantitative estimate of drug-likeness (QED) is 0.622. The van der Waals surface area contributed by atoms with Crippen LogP contribution < -0.4 is 16.0 Å². The molecule has 1 unspecified atom stereocenters. The second-order valence-electron chi connectivity index (χ2n) is 5.23. The molecule has 3 N–H and O–H groups in total. The zero-order valence-corrected chi connectivity index (χ0v) is 11.2. The number of nitrogens with two attached hydrogens (primary N) is 1. The number of ether oxygens (including phenoxy) is 1. The van der Waals surface area contributed by atoms with Crippen molar-refractivity contribution in [2.24, 2.45) is 11.8 Å². The van der Waals surface area contributed by atoms with Crippen molar-refractivity contribution in [3.8, 4) is 5.75 Å². The summed E-state index contributed by atoms with van der Waals surface area (Å²) in [6.07, 6.45) is 7.67. The molecule has 18 heavy (non-hydrogen) atoms. The van der Waals surface area contributed by atoms with Gasteiger partial charge in [-0.1, -0.05) is 31.4 Å². The SMILES string of the molecule is COc1cccc(CC(NN)C2CCCCC2)c1. The molecule has 0 radical (unpaired) electrons. The van der Waals surface area contributed by atoms with Gasteiger partial charge in [0.25, 0.3) is 0 Å². The maximum absolute atomic E-state index is 5.74. The van der Waals surface area contributed by atoms with Crippen LogP contribution in [0.5, 0.6) is 5.75 Å². The summed E-state index contributed by atoms with van der Waals surface area (Å²) >= 11 is 0. The molecule has 0 aromatic heterocycles. The van der Waals surface area contributed by atoms with Crippen LogP contribution in [0.2, 0.25) is 0 Å². The molecule has 100 valence electrons. The first-order valence-electron chi connectivity index (χ1n) is 6.92. The third kappa shape index (κ3) is 3.47. The van der Waals surface area contributed by atoms with Gasteiger partial charge in [-0.05, 0) is 42.9 Å². The van der Waals surface area contributed by atoms with Crippen LogP contribution in [-0.2, 0) is 6.42 Å². The number of hydrogen-bond acceptors (Lipinski definition) is 3. The van der Waals surface area contributed by atoms with E-state index in [1.165, 1.54) is 37.7 Å². The fourth-order valence-corrected chi connectivity index (χ4v) is 2.95. The highest BCUT2D eigenvalue weighted by atomic mass is 16.5. The average molecular weight is 248 g/mol. The minimum absolute atomic E-state index is 0.386. The van der Waals surface area contributed by atoms with Gasteiger partial charge >= 0.3 is 0 Å². The monoisotopic (exact) mass is 248 g/mol. The van der Waals surface area contributed by atoms with Crippen LogP contribution in [0.15, 0.2) is 24.3 Å². The zero-order valence-electron chi connectivity index (χ0n) is 11.2. The molecule has 0 heterocycles. The second kappa shape index (κ2) is 6.76. The van der Waals surface area contributed by atoms with Crippen LogP contribution in [0.3, 0.4) is 0 Å². The lowest BCUT2D eigenvalue weighted by Gasteiger charge is -2.29. The molecule has 0 aliphatic heterocycles. The molecular weight excluding hydrogens is 224 g/mol. The number of hydrazine groups is 1. The Balaban J connectivity index is 1.99. The Kier molecular flexibility index (Phi) is 5.02. The van der Waals surface area contributed by atoms with Gasteiger partial charge in [0.2, 0.25) is 0 Å². The number of benzene rings is 1. The smallest absolute Gasteiger partial charge is 0.119 e. The summed E-state index contributed by atoms with van der Waals surface area (Å²) in [5.41, 5.74) is 4.31. The standard InChI is InChI=1S/C15H24N2O/c1-18-14-9-5-6-12(10-14)11-15(17-16)13-7-3-2-4-8-13/h5-6,9-10,13,15,17H,2-4,7-8,11,16H2,1H3. The Morgan fingerprint density at radius 3 is 2.78 bits per heavy atom. The summed E-state index contributed by atoms with van der Waals surface area (Å²) in [5.74, 6) is 7.38. The molecule has 1 aromatic carbocycles. The first kappa shape index (κ1) is 13.4. The van der Waals surface area contributed by atoms with Crippen LogP contribution in [-0.4, -0.2) is 13.2 Å². The van der Waals surface area contributed by atoms with Gasteiger partial charge in [0, 0.05) is 6.04 Å². The number of methoxy groups -OCH3 is 1. The van der Waals surface area contributed by atoms with Crippen LogP contribution in [0, 0.1) is 5.92 Å². The normalized spacial score (nSPS) is 18.6. The third-order valence-electron chi connectivity index (χ3n) is 4.02. The van der Waals surface area contributed by atoms with Crippen molar-refractivity contribution >= 4 is 0 Å². The van der Waals surface area contributed by atoms with E-state index in [1.54, 1.807) is 7.11 Å². The molecule has 2 rings (SSSR count). The Morgan fingerprint density at radius 2 is 2.11 bits per heavy atom. The molecule has 1 atom stereocenters. The van der Waals surface area contributed by atoms with Crippen molar-refractivity contribution in [2.45, 2.75) is 44.6 Å². The van der Waals surface area contributed by atoms with E-state index in [4.69, 9.17) is 10.6 Å². The van der Waals surface area contributed by atoms with Gasteiger partial charge in [-0.3, -0.25) is 11.3 Å². The molecule has 0 bridgehead atoms. The fourth-order valence-electron chi connectivity index (χ4n) is 2.95. The van der Waals surface area contributed by atoms with Crippen molar-refractivity contribution in [3.05, 3.63) is 29.8 Å². The van der Waals surface area contributed by atoms with Crippen molar-refractivity contribution in [1.82, 2.24) is 5.43 Å². The van der Waals surface area contributed by atoms with E-state index in [0.717, 1.165) is 18.1 Å². The van der Waals surface area contributed by atoms with Crippen molar-refractivity contribution in [2.75, 3.05) is 7.11 Å². The van der Waals surface area contributed by atoms with E-state index in [9.17, 15) is 0 Å². The van der Waals surface area contributed by atoms with E-state index in [0.29, 0.717) is 6.04 Å². The Hall–Kier alpha value is -1.06. The third-order valence-corrected chi connectivity index (χ3v) is 4.02. The zero-order chi connectivity index (χ0) is 12.8. The molecule has 1 aliphatic carbocycles. The lowest BCUT2D eigenvalue weighted by atomic mass is 9.82. The largest absolute Gasteiger partial charge is 0.497 e. The molecular formula is C15H24N2O. The number of hydrogen-bond donors (Lipinski definition) is 2. The van der Waals surface area contributed by atoms with Crippen LogP contribution in [0.1, 0.15) is 37.7 Å². The topological polar surface area (TPSA) is 47.3 Å². The predicted octanol–water partition coefficient (Wildman–Crippen LogP) is 2.65. The molecule has 1 aliphatic rings. The van der Waals surface area contributed by atoms with Crippen LogP contribution >= 0.6 is 0 Å². The Morgan fingerprint density at radius 1 is 1.33 bits per heavy atom. The minimum Gasteiger partial charge on any atom is -0.497 e. The van der Waals surface area contributed by atoms with E-state index in [-0.39, 0.29) is 0 Å². The number of nitrogens with one attached hydrogen (secondary N) is 1. The second-order valence-corrected chi connectivity index (χ2v) is 5.23. The van der Waals surface area contributed by atoms with Gasteiger partial charge in [-0.25, -0.2) is 0 Å². The van der Waals surface area contributed by atoms with Crippen LogP contribution in [0.25, 0.3) is 0 Å². The maximum atomic E-state index is 5.74. The highest BCUT2D eigenvalue weighted by Crippen LogP contribution is 2.28. The molecule has 3 nitrogen and oxygen atoms in total. The molecule has 1 aromatic rings. The number of rotatable bonds is 5. The molecule has 1 fully saturated rings. The van der Waals surface area contributed by atoms with Gasteiger partial charge in [0.1, 0.15) is 5.75 Å². The highest BCUT2D eigenvalue weighted by Gasteiger charge is 2.22. The summed E-state index contributed by atoms with van der Waals surface area (Å²) in [6, 6.07) is 8.66. The van der Waals surface area contributed by atoms with Crippen molar-refractivity contribution in [3.63, 3.8) is 0 Å². The van der Waals surface area contributed by atoms with Crippen molar-refractivity contribution < 1.29 is 4.74 Å². The van der Waals surface area contributed by atoms with E-state index < -0.39 is 0 Å². The minimum atomic E-state index is 0.386. The van der Waals surface area contributed by atoms with Gasteiger partial charge in [0.15, 0.2) is 0 Å². The molecule has 3 heteroatoms. The fraction of sp³-hybridized carbons (Fsp3) is 0.600. The van der Waals surface area contributed by atoms with Crippen LogP contribution in [0.4, 0.5) is 0 Å². The van der Waals surface area contributed by atoms with Gasteiger partial charge < -0.3 is 4.74 Å². The van der Waals surface area contributed by atoms with Gasteiger partial charge in [0.05, 0.1) is 7.11 Å². The maximum Gasteiger partial charge on any atom is 0.119 e. The Labute approximate surface area is 110 Å². The summed E-state index contributed by atoms with van der Waals surface area (Å²) in [7, 11) is 1.71. The average Bonchev–Trinajstić information content (AvgIpc) is 2.46. The molecule has 1 saturated carbocycles. The summed E-state index contributed by atoms with van der Waals surface area (Å²) in [5, 5.41) is 0. The molecule has 0 saturated heterocycles. The summed E-state index contributed by atoms with van der Waals surface area (Å²) in [4.78, 5) is 0. The summed E-state index contributed by atoms with van der Waals surface area (Å²) in [6.45, 7) is 0. The van der Waals surface area contributed by atoms with E-state index in [2.05, 4.69) is 17.6 Å². The molecule has 0 spiro atoms. The first-order chi connectivity index (χ1) is 8.83. The van der Waals surface area contributed by atoms with E-state index in [1.807, 2.05) is 12.1 Å². The summed E-state index contributed by atoms with van der Waals surface area (Å²) < 4.78 is 5.26. The predicted molar refractivity (Wildman–Crippen MR) is 74.4 cm³/mol. The lowest BCUT2D eigenvalue weighted by molar-refractivity contribution is 0.268. The van der Waals surface area contributed by atoms with E-state index >= 15 is 0 Å². The highest BCUT2D eigenvalue weighted by molar-refractivity contribution is 5.29. The van der Waals surface area contributed by atoms with Gasteiger partial charge in [-0.2, -0.15) is 0 Å². The molecule has 0 amide bonds.